The number of benzene rings is 2. The van der Waals surface area contributed by atoms with Crippen LogP contribution in [0.15, 0.2) is 75.8 Å². The number of carboxylic acid groups (broad SMARTS) is 1. The van der Waals surface area contributed by atoms with Crippen LogP contribution in [0, 0.1) is 5.92 Å². The van der Waals surface area contributed by atoms with E-state index in [-0.39, 0.29) is 146 Å². The number of nitrogens with one attached hydrogen (secondary N) is 12. The summed E-state index contributed by atoms with van der Waals surface area (Å²) in [6.45, 7) is 3.46. The van der Waals surface area contributed by atoms with E-state index < -0.39 is 180 Å². The molecule has 41 nitrogen and oxygen atoms in total. The standard InChI is InChI=1S/C72H118N26O15S2/c1-39(2)57(68(111)94-51(69(112)113)24-15-32-86-72(82)83)98-64(107)46(21-10-12-29-74)88-60(103)47(22-13-30-84-70(78)79)90-63(106)50(27-33-115-3)93-67(110)54(36-56(77)100)97-61(104)48(23-14-31-85-71(80)81)89-59(102)45(20-9-11-28-73)91-66(109)53(35-41-37-87-44-19-8-7-18-42(41)44)96-62(105)49(25-26-55(76)99)92-65(108)52(95-58(101)43(75)38-114)34-40-16-5-4-6-17-40/h4-8,16-19,37,39,43,45-54,57,87,114H,9-15,20-36,38,73-75H2,1-3H3,(H2,76,99)(H2,77,100)(H,88,103)(H,89,102)(H,90,106)(H,91,109)(H,92,108)(H,93,110)(H,94,111)(H,95,101)(H,96,105)(H,97,104)(H,98,107)(H,112,113)(H4,78,79,84)(H4,80,81,85)(H4,82,83,86)/t43-,45-,46-,47-,48-,49-,50-,51-,52-,53-,54-,57-/m0/s1. The van der Waals surface area contributed by atoms with Crippen molar-refractivity contribution in [1.29, 1.82) is 0 Å². The van der Waals surface area contributed by atoms with E-state index in [4.69, 9.17) is 63.1 Å². The quantitative estimate of drug-likeness (QED) is 0.0108. The molecular formula is C72H118N26O15S2. The largest absolute Gasteiger partial charge is 0.480 e. The van der Waals surface area contributed by atoms with Gasteiger partial charge in [0.1, 0.15) is 66.5 Å². The maximum atomic E-state index is 15.1. The molecule has 638 valence electrons. The van der Waals surface area contributed by atoms with Gasteiger partial charge in [-0.1, -0.05) is 62.4 Å². The number of para-hydroxylation sites is 1. The first-order chi connectivity index (χ1) is 54.6. The van der Waals surface area contributed by atoms with Crippen LogP contribution in [0.1, 0.15) is 128 Å². The number of rotatable bonds is 57. The second-order valence-corrected chi connectivity index (χ2v) is 28.9. The molecule has 0 saturated heterocycles. The van der Waals surface area contributed by atoms with Crippen LogP contribution in [0.2, 0.25) is 0 Å². The van der Waals surface area contributed by atoms with E-state index in [0.717, 1.165) is 0 Å². The zero-order valence-corrected chi connectivity index (χ0v) is 66.9. The number of amides is 13. The number of fused-ring (bicyclic) bond motifs is 1. The summed E-state index contributed by atoms with van der Waals surface area (Å²) in [5, 5.41) is 39.3. The van der Waals surface area contributed by atoms with Crippen LogP contribution in [0.4, 0.5) is 0 Å². The van der Waals surface area contributed by atoms with Gasteiger partial charge < -0.3 is 132 Å². The predicted molar refractivity (Wildman–Crippen MR) is 438 cm³/mol. The molecule has 0 bridgehead atoms. The van der Waals surface area contributed by atoms with Crippen molar-refractivity contribution in [2.24, 2.45) is 84.0 Å². The SMILES string of the molecule is CSCC[C@H](NC(=O)[C@H](CC(N)=O)NC(=O)[C@H](CCCN=C(N)N)NC(=O)[C@H](CCCCN)NC(=O)[C@H](Cc1c[nH]c2ccccc12)NC(=O)[C@H](CCC(N)=O)NC(=O)[C@H](Cc1ccccc1)NC(=O)[C@@H](N)CS)C(=O)N[C@@H](CCCN=C(N)N)C(=O)N[C@@H](CCCCN)C(=O)N[C@H](C(=O)N[C@@H](CCCN=C(N)N)C(=O)O)C(C)C. The first-order valence-electron chi connectivity index (χ1n) is 37.8. The van der Waals surface area contributed by atoms with Gasteiger partial charge in [0.25, 0.3) is 0 Å². The highest BCUT2D eigenvalue weighted by Gasteiger charge is 2.38. The average Bonchev–Trinajstić information content (AvgIpc) is 1.68. The molecule has 0 aliphatic carbocycles. The van der Waals surface area contributed by atoms with Crippen LogP contribution >= 0.6 is 24.4 Å². The fourth-order valence-corrected chi connectivity index (χ4v) is 12.3. The van der Waals surface area contributed by atoms with Crippen molar-refractivity contribution in [1.82, 2.24) is 63.5 Å². The number of nitrogens with two attached hydrogens (primary N) is 11. The number of thioether (sulfide) groups is 1. The number of nitrogens with zero attached hydrogens (tertiary/aromatic N) is 3. The first-order valence-corrected chi connectivity index (χ1v) is 39.8. The number of aliphatic carboxylic acids is 1. The molecule has 13 amide bonds. The lowest BCUT2D eigenvalue weighted by Gasteiger charge is -2.29. The molecule has 3 rings (SSSR count). The van der Waals surface area contributed by atoms with Gasteiger partial charge in [-0.2, -0.15) is 24.4 Å². The van der Waals surface area contributed by atoms with Crippen molar-refractivity contribution in [3.63, 3.8) is 0 Å². The number of hydrogen-bond acceptors (Lipinski definition) is 22. The Labute approximate surface area is 676 Å². The highest BCUT2D eigenvalue weighted by molar-refractivity contribution is 7.98. The lowest BCUT2D eigenvalue weighted by atomic mass is 10.0. The highest BCUT2D eigenvalue weighted by Crippen LogP contribution is 2.21. The van der Waals surface area contributed by atoms with Crippen molar-refractivity contribution in [3.8, 4) is 0 Å². The number of aromatic amines is 1. The average molecular weight is 1650 g/mol. The van der Waals surface area contributed by atoms with Crippen LogP contribution < -0.4 is 122 Å². The van der Waals surface area contributed by atoms with Crippen molar-refractivity contribution >= 4 is 136 Å². The van der Waals surface area contributed by atoms with Gasteiger partial charge >= 0.3 is 5.97 Å². The normalized spacial score (nSPS) is 14.2. The number of thiol groups is 1. The molecule has 115 heavy (non-hydrogen) atoms. The number of H-pyrrole nitrogens is 1. The third-order valence-corrected chi connectivity index (χ3v) is 18.9. The Kier molecular flexibility index (Phi) is 45.3. The molecule has 2 aromatic carbocycles. The minimum Gasteiger partial charge on any atom is -0.480 e. The van der Waals surface area contributed by atoms with E-state index in [1.165, 1.54) is 11.8 Å². The fourth-order valence-electron chi connectivity index (χ4n) is 11.7. The summed E-state index contributed by atoms with van der Waals surface area (Å²) in [7, 11) is 0. The fraction of sp³-hybridized carbons (Fsp3) is 0.569. The third-order valence-electron chi connectivity index (χ3n) is 17.9. The second-order valence-electron chi connectivity index (χ2n) is 27.6. The Bertz CT molecular complexity index is 3780. The maximum absolute atomic E-state index is 15.1. The van der Waals surface area contributed by atoms with Crippen molar-refractivity contribution in [3.05, 3.63) is 71.9 Å². The molecule has 3 aromatic rings. The number of primary amides is 2. The molecular weight excluding hydrogens is 1530 g/mol. The topological polar surface area (TPSA) is 731 Å². The Morgan fingerprint density at radius 1 is 0.435 bits per heavy atom. The maximum Gasteiger partial charge on any atom is 0.326 e. The van der Waals surface area contributed by atoms with E-state index in [9.17, 15) is 67.4 Å². The highest BCUT2D eigenvalue weighted by atomic mass is 32.2. The molecule has 35 N–H and O–H groups in total. The van der Waals surface area contributed by atoms with Crippen molar-refractivity contribution in [2.75, 3.05) is 50.5 Å². The van der Waals surface area contributed by atoms with E-state index in [0.29, 0.717) is 34.9 Å². The lowest BCUT2D eigenvalue weighted by molar-refractivity contribution is -0.143. The summed E-state index contributed by atoms with van der Waals surface area (Å²) in [4.78, 5) is 211. The van der Waals surface area contributed by atoms with E-state index in [1.807, 2.05) is 0 Å². The second kappa shape index (κ2) is 53.1. The van der Waals surface area contributed by atoms with Gasteiger partial charge in [0.15, 0.2) is 17.9 Å². The molecule has 0 saturated carbocycles. The van der Waals surface area contributed by atoms with E-state index in [2.05, 4.69) is 91.1 Å². The summed E-state index contributed by atoms with van der Waals surface area (Å²) in [6, 6.07) is -2.21. The van der Waals surface area contributed by atoms with Crippen molar-refractivity contribution < 1.29 is 72.2 Å². The minimum atomic E-state index is -1.88. The number of carboxylic acids is 1. The first kappa shape index (κ1) is 98.1. The van der Waals surface area contributed by atoms with Gasteiger partial charge in [0.05, 0.1) is 12.5 Å². The van der Waals surface area contributed by atoms with Crippen LogP contribution in [0.25, 0.3) is 10.9 Å². The van der Waals surface area contributed by atoms with E-state index in [1.54, 1.807) is 80.9 Å². The number of hydrogen-bond donors (Lipinski definition) is 25. The van der Waals surface area contributed by atoms with Gasteiger partial charge in [-0.3, -0.25) is 77.3 Å². The molecule has 0 aliphatic rings. The molecule has 0 fully saturated rings. The number of guanidine groups is 3. The summed E-state index contributed by atoms with van der Waals surface area (Å²) >= 11 is 5.37. The van der Waals surface area contributed by atoms with Crippen LogP contribution in [-0.4, -0.2) is 234 Å². The Morgan fingerprint density at radius 3 is 1.23 bits per heavy atom. The number of aliphatic imine (C=N–C) groups is 3. The molecule has 1 aromatic heterocycles. The van der Waals surface area contributed by atoms with Crippen LogP contribution in [0.3, 0.4) is 0 Å². The van der Waals surface area contributed by atoms with Crippen molar-refractivity contribution in [2.45, 2.75) is 202 Å². The number of unbranched alkanes of at least 4 members (excludes halogenated alkanes) is 2. The van der Waals surface area contributed by atoms with Crippen LogP contribution in [0.5, 0.6) is 0 Å². The summed E-state index contributed by atoms with van der Waals surface area (Å²) in [5.74, 6) is -15.0. The molecule has 1 heterocycles. The Morgan fingerprint density at radius 2 is 0.809 bits per heavy atom. The van der Waals surface area contributed by atoms with Crippen LogP contribution in [-0.2, 0) is 80.0 Å². The monoisotopic (exact) mass is 1650 g/mol. The minimum absolute atomic E-state index is 0.0202. The van der Waals surface area contributed by atoms with E-state index >= 15 is 4.79 Å². The van der Waals surface area contributed by atoms with Gasteiger partial charge in [-0.05, 0) is 138 Å². The zero-order valence-electron chi connectivity index (χ0n) is 65.2. The smallest absolute Gasteiger partial charge is 0.326 e. The molecule has 0 radical (unpaired) electrons. The molecule has 0 aliphatic heterocycles. The summed E-state index contributed by atoms with van der Waals surface area (Å²) in [6.07, 6.45) is 1.79. The number of carbonyl (C=O) groups is 14. The van der Waals surface area contributed by atoms with Gasteiger partial charge in [-0.15, -0.1) is 0 Å². The molecule has 0 unspecified atom stereocenters. The predicted octanol–water partition coefficient (Wildman–Crippen LogP) is -6.40. The number of aromatic nitrogens is 1. The Hall–Kier alpha value is -11.0. The summed E-state index contributed by atoms with van der Waals surface area (Å²) in [5.41, 5.74) is 63.9. The zero-order chi connectivity index (χ0) is 85.7. The number of carbonyl (C=O) groups excluding carboxylic acids is 13. The lowest BCUT2D eigenvalue weighted by Crippen LogP contribution is -2.61. The summed E-state index contributed by atoms with van der Waals surface area (Å²) < 4.78 is 0. The molecule has 0 spiro atoms. The molecule has 43 heteroatoms. The Balaban J connectivity index is 2.07. The van der Waals surface area contributed by atoms with Gasteiger partial charge in [0, 0.05) is 61.7 Å². The third kappa shape index (κ3) is 37.6. The van der Waals surface area contributed by atoms with Gasteiger partial charge in [0.2, 0.25) is 76.8 Å². The molecule has 12 atom stereocenters. The van der Waals surface area contributed by atoms with Gasteiger partial charge in [-0.25, -0.2) is 4.79 Å².